The van der Waals surface area contributed by atoms with Crippen molar-refractivity contribution in [3.63, 3.8) is 0 Å². The zero-order chi connectivity index (χ0) is 16.8. The van der Waals surface area contributed by atoms with E-state index in [1.165, 1.54) is 24.8 Å². The zero-order valence-electron chi connectivity index (χ0n) is 14.3. The lowest BCUT2D eigenvalue weighted by molar-refractivity contribution is 0.230. The molecule has 0 saturated heterocycles. The normalized spacial score (nSPS) is 16.4. The van der Waals surface area contributed by atoms with Crippen molar-refractivity contribution in [3.05, 3.63) is 71.3 Å². The van der Waals surface area contributed by atoms with Crippen molar-refractivity contribution in [3.8, 4) is 0 Å². The van der Waals surface area contributed by atoms with Gasteiger partial charge in [0.05, 0.1) is 6.04 Å². The summed E-state index contributed by atoms with van der Waals surface area (Å²) in [5.74, 6) is 0. The summed E-state index contributed by atoms with van der Waals surface area (Å²) >= 11 is 0. The van der Waals surface area contributed by atoms with E-state index in [9.17, 15) is 4.79 Å². The summed E-state index contributed by atoms with van der Waals surface area (Å²) in [6.07, 6.45) is 5.90. The van der Waals surface area contributed by atoms with Gasteiger partial charge < -0.3 is 10.6 Å². The highest BCUT2D eigenvalue weighted by atomic mass is 16.2. The van der Waals surface area contributed by atoms with Gasteiger partial charge in [-0.1, -0.05) is 79.4 Å². The van der Waals surface area contributed by atoms with Gasteiger partial charge in [0, 0.05) is 6.04 Å². The quantitative estimate of drug-likeness (QED) is 0.840. The molecule has 3 rings (SSSR count). The molecule has 3 heteroatoms. The molecule has 2 aromatic carbocycles. The molecule has 0 bridgehead atoms. The van der Waals surface area contributed by atoms with E-state index in [-0.39, 0.29) is 12.1 Å². The first-order chi connectivity index (χ1) is 11.7. The Balaban J connectivity index is 1.74. The monoisotopic (exact) mass is 322 g/mol. The molecule has 2 amide bonds. The summed E-state index contributed by atoms with van der Waals surface area (Å²) in [5.41, 5.74) is 3.42. The molecular formula is C21H26N2O. The van der Waals surface area contributed by atoms with Gasteiger partial charge in [-0.2, -0.15) is 0 Å². The number of carbonyl (C=O) groups is 1. The van der Waals surface area contributed by atoms with E-state index in [2.05, 4.69) is 54.0 Å². The third-order valence-electron chi connectivity index (χ3n) is 4.76. The average Bonchev–Trinajstić information content (AvgIpc) is 2.62. The summed E-state index contributed by atoms with van der Waals surface area (Å²) in [6, 6.07) is 18.6. The van der Waals surface area contributed by atoms with Crippen molar-refractivity contribution in [2.24, 2.45) is 0 Å². The molecule has 0 aliphatic heterocycles. The fourth-order valence-corrected chi connectivity index (χ4v) is 3.37. The second-order valence-corrected chi connectivity index (χ2v) is 6.71. The summed E-state index contributed by atoms with van der Waals surface area (Å²) in [4.78, 5) is 12.5. The van der Waals surface area contributed by atoms with Gasteiger partial charge in [0.25, 0.3) is 0 Å². The molecular weight excluding hydrogens is 296 g/mol. The molecule has 0 unspecified atom stereocenters. The maximum Gasteiger partial charge on any atom is 0.315 e. The Morgan fingerprint density at radius 2 is 1.54 bits per heavy atom. The van der Waals surface area contributed by atoms with Crippen LogP contribution in [0.1, 0.15) is 54.8 Å². The van der Waals surface area contributed by atoms with Crippen molar-refractivity contribution in [1.82, 2.24) is 10.6 Å². The maximum absolute atomic E-state index is 12.5. The van der Waals surface area contributed by atoms with Crippen LogP contribution in [-0.2, 0) is 0 Å². The standard InChI is InChI=1S/C21H26N2O/c1-16-12-14-18(15-13-16)20(17-8-4-2-5-9-17)23-21(24)22-19-10-6-3-7-11-19/h2,4-5,8-9,12-15,19-20H,3,6-7,10-11H2,1H3,(H2,22,23,24)/t20-/m0/s1. The summed E-state index contributed by atoms with van der Waals surface area (Å²) in [5, 5.41) is 6.32. The molecule has 1 aliphatic carbocycles. The summed E-state index contributed by atoms with van der Waals surface area (Å²) in [7, 11) is 0. The predicted molar refractivity (Wildman–Crippen MR) is 98.0 cm³/mol. The lowest BCUT2D eigenvalue weighted by atomic mass is 9.95. The van der Waals surface area contributed by atoms with Gasteiger partial charge in [-0.3, -0.25) is 0 Å². The summed E-state index contributed by atoms with van der Waals surface area (Å²) < 4.78 is 0. The third kappa shape index (κ3) is 4.38. The lowest BCUT2D eigenvalue weighted by Crippen LogP contribution is -2.44. The molecule has 1 aliphatic rings. The minimum absolute atomic E-state index is 0.0728. The van der Waals surface area contributed by atoms with Crippen LogP contribution in [0, 0.1) is 6.92 Å². The van der Waals surface area contributed by atoms with Gasteiger partial charge in [-0.15, -0.1) is 0 Å². The molecule has 2 N–H and O–H groups in total. The predicted octanol–water partition coefficient (Wildman–Crippen LogP) is 4.72. The van der Waals surface area contributed by atoms with Crippen LogP contribution >= 0.6 is 0 Å². The molecule has 1 saturated carbocycles. The largest absolute Gasteiger partial charge is 0.335 e. The Bertz CT molecular complexity index is 645. The molecule has 1 fully saturated rings. The Hall–Kier alpha value is -2.29. The van der Waals surface area contributed by atoms with Crippen LogP contribution in [0.25, 0.3) is 0 Å². The lowest BCUT2D eigenvalue weighted by Gasteiger charge is -2.25. The van der Waals surface area contributed by atoms with Crippen molar-refractivity contribution >= 4 is 6.03 Å². The van der Waals surface area contributed by atoms with Crippen LogP contribution in [-0.4, -0.2) is 12.1 Å². The van der Waals surface area contributed by atoms with Gasteiger partial charge in [0.1, 0.15) is 0 Å². The van der Waals surface area contributed by atoms with Crippen LogP contribution in [0.5, 0.6) is 0 Å². The van der Waals surface area contributed by atoms with Crippen LogP contribution in [0.3, 0.4) is 0 Å². The Morgan fingerprint density at radius 1 is 0.917 bits per heavy atom. The highest BCUT2D eigenvalue weighted by Gasteiger charge is 2.20. The van der Waals surface area contributed by atoms with Gasteiger partial charge in [0.2, 0.25) is 0 Å². The van der Waals surface area contributed by atoms with E-state index in [4.69, 9.17) is 0 Å². The van der Waals surface area contributed by atoms with Crippen LogP contribution in [0.2, 0.25) is 0 Å². The van der Waals surface area contributed by atoms with Crippen molar-refractivity contribution in [1.29, 1.82) is 0 Å². The number of urea groups is 1. The van der Waals surface area contributed by atoms with Crippen molar-refractivity contribution < 1.29 is 4.79 Å². The number of rotatable bonds is 4. The van der Waals surface area contributed by atoms with E-state index in [0.717, 1.165) is 24.0 Å². The Kier molecular flexibility index (Phi) is 5.52. The molecule has 0 aromatic heterocycles. The van der Waals surface area contributed by atoms with Gasteiger partial charge in [-0.05, 0) is 30.9 Å². The minimum Gasteiger partial charge on any atom is -0.335 e. The van der Waals surface area contributed by atoms with Gasteiger partial charge in [-0.25, -0.2) is 4.79 Å². The number of aryl methyl sites for hydroxylation is 1. The smallest absolute Gasteiger partial charge is 0.315 e. The zero-order valence-corrected chi connectivity index (χ0v) is 14.3. The molecule has 3 nitrogen and oxygen atoms in total. The first-order valence-electron chi connectivity index (χ1n) is 8.91. The minimum atomic E-state index is -0.129. The average molecular weight is 322 g/mol. The SMILES string of the molecule is Cc1ccc([C@@H](NC(=O)NC2CCCCC2)c2ccccc2)cc1. The number of carbonyl (C=O) groups excluding carboxylic acids is 1. The molecule has 2 aromatic rings. The van der Waals surface area contributed by atoms with E-state index in [1.807, 2.05) is 18.2 Å². The van der Waals surface area contributed by atoms with E-state index < -0.39 is 0 Å². The first kappa shape index (κ1) is 16.6. The fourth-order valence-electron chi connectivity index (χ4n) is 3.37. The fraction of sp³-hybridized carbons (Fsp3) is 0.381. The van der Waals surface area contributed by atoms with Crippen molar-refractivity contribution in [2.75, 3.05) is 0 Å². The Morgan fingerprint density at radius 3 is 2.21 bits per heavy atom. The highest BCUT2D eigenvalue weighted by molar-refractivity contribution is 5.75. The molecule has 1 atom stereocenters. The highest BCUT2D eigenvalue weighted by Crippen LogP contribution is 2.23. The van der Waals surface area contributed by atoms with Gasteiger partial charge in [0.15, 0.2) is 0 Å². The molecule has 126 valence electrons. The Labute approximate surface area is 144 Å². The van der Waals surface area contributed by atoms with Crippen LogP contribution in [0.4, 0.5) is 4.79 Å². The topological polar surface area (TPSA) is 41.1 Å². The van der Waals surface area contributed by atoms with E-state index >= 15 is 0 Å². The van der Waals surface area contributed by atoms with Gasteiger partial charge >= 0.3 is 6.03 Å². The molecule has 0 spiro atoms. The number of hydrogen-bond acceptors (Lipinski definition) is 1. The number of amides is 2. The number of benzene rings is 2. The van der Waals surface area contributed by atoms with E-state index in [1.54, 1.807) is 0 Å². The molecule has 24 heavy (non-hydrogen) atoms. The van der Waals surface area contributed by atoms with Crippen molar-refractivity contribution in [2.45, 2.75) is 51.1 Å². The summed E-state index contributed by atoms with van der Waals surface area (Å²) in [6.45, 7) is 2.07. The van der Waals surface area contributed by atoms with E-state index in [0.29, 0.717) is 6.04 Å². The second kappa shape index (κ2) is 8.00. The molecule has 0 radical (unpaired) electrons. The van der Waals surface area contributed by atoms with Crippen LogP contribution in [0.15, 0.2) is 54.6 Å². The third-order valence-corrected chi connectivity index (χ3v) is 4.76. The first-order valence-corrected chi connectivity index (χ1v) is 8.91. The molecule has 0 heterocycles. The number of nitrogens with one attached hydrogen (secondary N) is 2. The second-order valence-electron chi connectivity index (χ2n) is 6.71. The van der Waals surface area contributed by atoms with Crippen LogP contribution < -0.4 is 10.6 Å². The number of hydrogen-bond donors (Lipinski definition) is 2. The maximum atomic E-state index is 12.5.